The number of aromatic nitrogens is 1. The first-order chi connectivity index (χ1) is 17.7. The fourth-order valence-electron chi connectivity index (χ4n) is 3.12. The molecule has 4 aromatic rings. The Labute approximate surface area is 220 Å². The van der Waals surface area contributed by atoms with Crippen LogP contribution >= 0.6 is 11.9 Å². The molecule has 0 fully saturated rings. The lowest BCUT2D eigenvalue weighted by Crippen LogP contribution is -1.95. The summed E-state index contributed by atoms with van der Waals surface area (Å²) >= 11 is 1.45. The largest absolute Gasteiger partial charge is 0.497 e. The first-order valence-electron chi connectivity index (χ1n) is 12.1. The molecule has 1 aromatic heterocycles. The highest BCUT2D eigenvalue weighted by atomic mass is 32.2. The molecule has 0 saturated heterocycles. The fourth-order valence-corrected chi connectivity index (χ4v) is 3.88. The number of rotatable bonds is 9. The Hall–Kier alpha value is -3.64. The van der Waals surface area contributed by atoms with Crippen LogP contribution in [0.25, 0.3) is 11.1 Å². The van der Waals surface area contributed by atoms with Gasteiger partial charge in [-0.3, -0.25) is 4.98 Å². The zero-order valence-electron chi connectivity index (χ0n) is 21.9. The van der Waals surface area contributed by atoms with Crippen molar-refractivity contribution in [2.45, 2.75) is 39.2 Å². The summed E-state index contributed by atoms with van der Waals surface area (Å²) in [5.74, 6) is 2.38. The van der Waals surface area contributed by atoms with Gasteiger partial charge in [-0.05, 0) is 59.5 Å². The first kappa shape index (κ1) is 28.6. The van der Waals surface area contributed by atoms with Crippen molar-refractivity contribution in [3.63, 3.8) is 0 Å². The summed E-state index contributed by atoms with van der Waals surface area (Å²) in [4.78, 5) is 5.31. The minimum absolute atomic E-state index is 0.548. The Balaban J connectivity index is 0.00000109. The molecule has 1 N–H and O–H groups in total. The number of methoxy groups -OCH3 is 2. The van der Waals surface area contributed by atoms with Crippen molar-refractivity contribution in [1.82, 2.24) is 4.98 Å². The van der Waals surface area contributed by atoms with Crippen molar-refractivity contribution in [3.8, 4) is 28.4 Å². The number of anilines is 1. The van der Waals surface area contributed by atoms with Crippen LogP contribution in [0.4, 0.5) is 5.69 Å². The lowest BCUT2D eigenvalue weighted by molar-refractivity contribution is 0.306. The second-order valence-electron chi connectivity index (χ2n) is 6.98. The van der Waals surface area contributed by atoms with E-state index in [0.717, 1.165) is 44.5 Å². The second kappa shape index (κ2) is 16.1. The predicted molar refractivity (Wildman–Crippen MR) is 152 cm³/mol. The van der Waals surface area contributed by atoms with Gasteiger partial charge in [-0.2, -0.15) is 0 Å². The second-order valence-corrected chi connectivity index (χ2v) is 7.83. The van der Waals surface area contributed by atoms with E-state index in [-0.39, 0.29) is 0 Å². The van der Waals surface area contributed by atoms with E-state index in [1.165, 1.54) is 11.9 Å². The Bertz CT molecular complexity index is 1150. The van der Waals surface area contributed by atoms with Gasteiger partial charge in [0.1, 0.15) is 23.9 Å². The van der Waals surface area contributed by atoms with Gasteiger partial charge in [-0.25, -0.2) is 0 Å². The van der Waals surface area contributed by atoms with Gasteiger partial charge in [0.2, 0.25) is 0 Å². The van der Waals surface area contributed by atoms with Gasteiger partial charge >= 0.3 is 0 Å². The number of pyridine rings is 1. The van der Waals surface area contributed by atoms with E-state index in [1.54, 1.807) is 20.4 Å². The zero-order valence-corrected chi connectivity index (χ0v) is 22.8. The van der Waals surface area contributed by atoms with Gasteiger partial charge in [0.15, 0.2) is 0 Å². The minimum Gasteiger partial charge on any atom is -0.497 e. The number of ether oxygens (including phenoxy) is 3. The van der Waals surface area contributed by atoms with E-state index >= 15 is 0 Å². The van der Waals surface area contributed by atoms with Crippen molar-refractivity contribution < 1.29 is 14.2 Å². The molecular weight excluding hydrogens is 468 g/mol. The molecule has 4 rings (SSSR count). The third-order valence-corrected chi connectivity index (χ3v) is 5.70. The summed E-state index contributed by atoms with van der Waals surface area (Å²) < 4.78 is 20.0. The molecule has 6 heteroatoms. The maximum Gasteiger partial charge on any atom is 0.134 e. The third-order valence-electron chi connectivity index (χ3n) is 4.82. The number of hydrogen-bond acceptors (Lipinski definition) is 6. The van der Waals surface area contributed by atoms with Crippen LogP contribution in [0.15, 0.2) is 96.2 Å². The van der Waals surface area contributed by atoms with E-state index in [2.05, 4.69) is 27.9 Å². The number of nitrogens with one attached hydrogen (secondary N) is 1. The van der Waals surface area contributed by atoms with Crippen LogP contribution in [-0.4, -0.2) is 19.2 Å². The van der Waals surface area contributed by atoms with E-state index < -0.39 is 0 Å². The van der Waals surface area contributed by atoms with E-state index in [9.17, 15) is 0 Å². The van der Waals surface area contributed by atoms with Crippen LogP contribution in [0.5, 0.6) is 17.2 Å². The third kappa shape index (κ3) is 8.54. The Morgan fingerprint density at radius 2 is 1.42 bits per heavy atom. The lowest BCUT2D eigenvalue weighted by Gasteiger charge is -2.12. The number of hydrogen-bond donors (Lipinski definition) is 1. The quantitative estimate of drug-likeness (QED) is 0.231. The SMILES string of the molecule is CC.CC.COc1ccc(OC)c(SNc2cncc(-c3ccc(OCc4ccccc4)cc3)c2)c1. The maximum atomic E-state index is 5.88. The van der Waals surface area contributed by atoms with Crippen molar-refractivity contribution in [3.05, 3.63) is 96.8 Å². The molecule has 0 spiro atoms. The van der Waals surface area contributed by atoms with Crippen LogP contribution in [0, 0.1) is 0 Å². The molecule has 0 unspecified atom stereocenters. The van der Waals surface area contributed by atoms with Crippen LogP contribution < -0.4 is 18.9 Å². The monoisotopic (exact) mass is 504 g/mol. The lowest BCUT2D eigenvalue weighted by atomic mass is 10.1. The van der Waals surface area contributed by atoms with Gasteiger partial charge in [-0.1, -0.05) is 70.2 Å². The molecule has 0 aliphatic carbocycles. The summed E-state index contributed by atoms with van der Waals surface area (Å²) in [7, 11) is 3.30. The Morgan fingerprint density at radius 1 is 0.722 bits per heavy atom. The molecular formula is C30H36N2O3S. The molecule has 1 heterocycles. The minimum atomic E-state index is 0.548. The fraction of sp³-hybridized carbons (Fsp3) is 0.233. The molecule has 0 aliphatic heterocycles. The van der Waals surface area contributed by atoms with Gasteiger partial charge in [-0.15, -0.1) is 0 Å². The molecule has 0 radical (unpaired) electrons. The Kier molecular flexibility index (Phi) is 12.8. The van der Waals surface area contributed by atoms with Crippen LogP contribution in [0.2, 0.25) is 0 Å². The van der Waals surface area contributed by atoms with E-state index in [0.29, 0.717) is 6.61 Å². The summed E-state index contributed by atoms with van der Waals surface area (Å²) in [6, 6.07) is 25.9. The maximum absolute atomic E-state index is 5.88. The molecule has 0 aliphatic rings. The summed E-state index contributed by atoms with van der Waals surface area (Å²) in [6.07, 6.45) is 3.64. The normalized spacial score (nSPS) is 9.61. The van der Waals surface area contributed by atoms with Crippen molar-refractivity contribution in [1.29, 1.82) is 0 Å². The topological polar surface area (TPSA) is 52.6 Å². The highest BCUT2D eigenvalue weighted by molar-refractivity contribution is 8.00. The molecule has 0 atom stereocenters. The zero-order chi connectivity index (χ0) is 26.2. The molecule has 5 nitrogen and oxygen atoms in total. The summed E-state index contributed by atoms with van der Waals surface area (Å²) in [6.45, 7) is 8.55. The number of nitrogens with zero attached hydrogens (tertiary/aromatic N) is 1. The number of benzene rings is 3. The van der Waals surface area contributed by atoms with E-state index in [4.69, 9.17) is 14.2 Å². The van der Waals surface area contributed by atoms with Gasteiger partial charge < -0.3 is 18.9 Å². The first-order valence-corrected chi connectivity index (χ1v) is 12.9. The Morgan fingerprint density at radius 3 is 2.08 bits per heavy atom. The van der Waals surface area contributed by atoms with Crippen LogP contribution in [0.3, 0.4) is 0 Å². The summed E-state index contributed by atoms with van der Waals surface area (Å²) in [5, 5.41) is 0. The average molecular weight is 505 g/mol. The molecule has 0 amide bonds. The predicted octanol–water partition coefficient (Wildman–Crippen LogP) is 8.52. The molecule has 0 bridgehead atoms. The van der Waals surface area contributed by atoms with Crippen LogP contribution in [-0.2, 0) is 6.61 Å². The summed E-state index contributed by atoms with van der Waals surface area (Å²) in [5.41, 5.74) is 4.12. The molecule has 36 heavy (non-hydrogen) atoms. The highest BCUT2D eigenvalue weighted by Crippen LogP contribution is 2.34. The van der Waals surface area contributed by atoms with Crippen molar-refractivity contribution >= 4 is 17.6 Å². The van der Waals surface area contributed by atoms with Crippen molar-refractivity contribution in [2.75, 3.05) is 18.9 Å². The highest BCUT2D eigenvalue weighted by Gasteiger charge is 2.07. The van der Waals surface area contributed by atoms with Gasteiger partial charge in [0.25, 0.3) is 0 Å². The molecule has 3 aromatic carbocycles. The molecule has 0 saturated carbocycles. The smallest absolute Gasteiger partial charge is 0.134 e. The average Bonchev–Trinajstić information content (AvgIpc) is 2.98. The van der Waals surface area contributed by atoms with Crippen molar-refractivity contribution in [2.24, 2.45) is 0 Å². The standard InChI is InChI=1S/C26H24N2O3S.2C2H6/c1-29-24-12-13-25(30-2)26(15-24)32-28-22-14-21(16-27-17-22)20-8-10-23(11-9-20)31-18-19-6-4-3-5-7-19;2*1-2/h3-17,28H,18H2,1-2H3;2*1-2H3. The van der Waals surface area contributed by atoms with E-state index in [1.807, 2.05) is 94.6 Å². The molecule has 190 valence electrons. The van der Waals surface area contributed by atoms with Gasteiger partial charge in [0.05, 0.1) is 31.0 Å². The van der Waals surface area contributed by atoms with Gasteiger partial charge in [0, 0.05) is 11.8 Å². The van der Waals surface area contributed by atoms with Crippen LogP contribution in [0.1, 0.15) is 33.3 Å².